The van der Waals surface area contributed by atoms with Crippen LogP contribution in [0, 0.1) is 0 Å². The van der Waals surface area contributed by atoms with Crippen molar-refractivity contribution in [2.75, 3.05) is 9.80 Å². The number of hydrogen-bond acceptors (Lipinski definition) is 4. The number of halogens is 1. The zero-order valence-corrected chi connectivity index (χ0v) is 21.1. The molecule has 33 heavy (non-hydrogen) atoms. The van der Waals surface area contributed by atoms with E-state index in [1.807, 2.05) is 6.07 Å². The van der Waals surface area contributed by atoms with Gasteiger partial charge in [0.05, 0.1) is 5.69 Å². The van der Waals surface area contributed by atoms with Crippen molar-refractivity contribution in [3.8, 4) is 0 Å². The van der Waals surface area contributed by atoms with E-state index >= 15 is 0 Å². The maximum Gasteiger partial charge on any atom is 0.270 e. The molecule has 0 bridgehead atoms. The molecule has 1 atom stereocenters. The minimum absolute atomic E-state index is 0.0445. The van der Waals surface area contributed by atoms with Crippen molar-refractivity contribution >= 4 is 58.2 Å². The van der Waals surface area contributed by atoms with E-state index in [0.717, 1.165) is 12.0 Å². The summed E-state index contributed by atoms with van der Waals surface area (Å²) in [6, 6.07) is 13.3. The lowest BCUT2D eigenvalue weighted by molar-refractivity contribution is -0.122. The number of amides is 2. The van der Waals surface area contributed by atoms with Gasteiger partial charge in [-0.05, 0) is 106 Å². The molecule has 1 saturated heterocycles. The predicted molar refractivity (Wildman–Crippen MR) is 139 cm³/mol. The number of anilines is 2. The van der Waals surface area contributed by atoms with E-state index in [1.165, 1.54) is 16.2 Å². The van der Waals surface area contributed by atoms with E-state index < -0.39 is 11.8 Å². The third kappa shape index (κ3) is 4.30. The number of nitrogens with zero attached hydrogens (tertiary/aromatic N) is 2. The van der Waals surface area contributed by atoms with E-state index in [0.29, 0.717) is 22.7 Å². The van der Waals surface area contributed by atoms with Crippen LogP contribution in [0.15, 0.2) is 48.0 Å². The molecule has 2 aliphatic heterocycles. The van der Waals surface area contributed by atoms with Crippen molar-refractivity contribution in [2.24, 2.45) is 0 Å². The maximum absolute atomic E-state index is 13.3. The SMILES string of the molecule is CC(C)N1c2ccc(/C=C3\C(=O)NC(=S)N(c4ccc(Cl)cc4)C3=O)cc2[C@H](C)CC1(C)C. The standard InChI is InChI=1S/C26H28ClN3O2S/c1-15(2)30-22-11-6-17(12-20(22)16(3)14-26(30,4)5)13-21-23(31)28-25(33)29(24(21)32)19-9-7-18(27)8-10-19/h6-13,15-16H,14H2,1-5H3,(H,28,31,33)/b21-13+/t16-/m1/s1. The molecule has 0 aliphatic carbocycles. The third-order valence-corrected chi connectivity index (χ3v) is 6.85. The van der Waals surface area contributed by atoms with Gasteiger partial charge in [-0.1, -0.05) is 24.6 Å². The van der Waals surface area contributed by atoms with Crippen LogP contribution in [-0.2, 0) is 9.59 Å². The smallest absolute Gasteiger partial charge is 0.270 e. The van der Waals surface area contributed by atoms with Gasteiger partial charge in [0.15, 0.2) is 5.11 Å². The fraction of sp³-hybridized carbons (Fsp3) is 0.346. The lowest BCUT2D eigenvalue weighted by Crippen LogP contribution is -2.54. The molecule has 0 unspecified atom stereocenters. The van der Waals surface area contributed by atoms with E-state index in [4.69, 9.17) is 23.8 Å². The largest absolute Gasteiger partial charge is 0.364 e. The van der Waals surface area contributed by atoms with Gasteiger partial charge in [0.25, 0.3) is 11.8 Å². The highest BCUT2D eigenvalue weighted by Gasteiger charge is 2.38. The molecule has 5 nitrogen and oxygen atoms in total. The van der Waals surface area contributed by atoms with Crippen molar-refractivity contribution in [2.45, 2.75) is 58.5 Å². The molecule has 0 saturated carbocycles. The van der Waals surface area contributed by atoms with Crippen LogP contribution < -0.4 is 15.1 Å². The zero-order valence-electron chi connectivity index (χ0n) is 19.5. The first kappa shape index (κ1) is 23.5. The molecular formula is C26H28ClN3O2S. The molecule has 2 heterocycles. The van der Waals surface area contributed by atoms with Gasteiger partial charge in [0.1, 0.15) is 5.57 Å². The van der Waals surface area contributed by atoms with E-state index in [2.05, 4.69) is 57.0 Å². The van der Waals surface area contributed by atoms with Gasteiger partial charge < -0.3 is 4.90 Å². The van der Waals surface area contributed by atoms with Crippen LogP contribution in [0.2, 0.25) is 5.02 Å². The summed E-state index contributed by atoms with van der Waals surface area (Å²) in [7, 11) is 0. The summed E-state index contributed by atoms with van der Waals surface area (Å²) < 4.78 is 0. The number of fused-ring (bicyclic) bond motifs is 1. The minimum atomic E-state index is -0.495. The fourth-order valence-electron chi connectivity index (χ4n) is 5.19. The molecule has 0 aromatic heterocycles. The average molecular weight is 482 g/mol. The normalized spacial score (nSPS) is 21.5. The van der Waals surface area contributed by atoms with Crippen LogP contribution in [0.25, 0.3) is 6.08 Å². The van der Waals surface area contributed by atoms with Crippen LogP contribution >= 0.6 is 23.8 Å². The van der Waals surface area contributed by atoms with Crippen LogP contribution in [0.5, 0.6) is 0 Å². The number of rotatable bonds is 3. The second kappa shape index (κ2) is 8.58. The molecule has 1 N–H and O–H groups in total. The first-order valence-electron chi connectivity index (χ1n) is 11.1. The van der Waals surface area contributed by atoms with Crippen LogP contribution in [0.1, 0.15) is 58.1 Å². The Labute approximate surface area is 205 Å². The summed E-state index contributed by atoms with van der Waals surface area (Å²) in [5.41, 5.74) is 3.89. The second-order valence-electron chi connectivity index (χ2n) is 9.63. The Kier molecular flexibility index (Phi) is 6.10. The third-order valence-electron chi connectivity index (χ3n) is 6.31. The summed E-state index contributed by atoms with van der Waals surface area (Å²) in [6.07, 6.45) is 2.67. The number of benzene rings is 2. The Hall–Kier alpha value is -2.70. The summed E-state index contributed by atoms with van der Waals surface area (Å²) >= 11 is 11.3. The molecule has 0 radical (unpaired) electrons. The Bertz CT molecular complexity index is 1170. The molecule has 2 amide bonds. The van der Waals surface area contributed by atoms with Gasteiger partial charge in [-0.25, -0.2) is 0 Å². The monoisotopic (exact) mass is 481 g/mol. The molecule has 2 aromatic carbocycles. The Balaban J connectivity index is 1.73. The number of carbonyl (C=O) groups excluding carboxylic acids is 2. The Morgan fingerprint density at radius 1 is 1.15 bits per heavy atom. The van der Waals surface area contributed by atoms with E-state index in [-0.39, 0.29) is 16.2 Å². The molecule has 4 rings (SSSR count). The molecule has 0 spiro atoms. The number of hydrogen-bond donors (Lipinski definition) is 1. The Morgan fingerprint density at radius 2 is 1.82 bits per heavy atom. The average Bonchev–Trinajstić information content (AvgIpc) is 2.71. The highest BCUT2D eigenvalue weighted by atomic mass is 35.5. The summed E-state index contributed by atoms with van der Waals surface area (Å²) in [5, 5.41) is 3.24. The van der Waals surface area contributed by atoms with Gasteiger partial charge in [-0.15, -0.1) is 0 Å². The highest BCUT2D eigenvalue weighted by molar-refractivity contribution is 7.80. The molecule has 172 valence electrons. The van der Waals surface area contributed by atoms with Crippen molar-refractivity contribution < 1.29 is 9.59 Å². The lowest BCUT2D eigenvalue weighted by atomic mass is 9.78. The van der Waals surface area contributed by atoms with Gasteiger partial charge >= 0.3 is 0 Å². The van der Waals surface area contributed by atoms with Gasteiger partial charge in [0.2, 0.25) is 0 Å². The highest BCUT2D eigenvalue weighted by Crippen LogP contribution is 2.44. The van der Waals surface area contributed by atoms with E-state index in [1.54, 1.807) is 30.3 Å². The minimum Gasteiger partial charge on any atom is -0.364 e. The number of nitrogens with one attached hydrogen (secondary N) is 1. The van der Waals surface area contributed by atoms with Gasteiger partial charge in [-0.2, -0.15) is 0 Å². The summed E-state index contributed by atoms with van der Waals surface area (Å²) in [6.45, 7) is 11.2. The van der Waals surface area contributed by atoms with Crippen molar-refractivity contribution in [3.63, 3.8) is 0 Å². The number of thiocarbonyl (C=S) groups is 1. The van der Waals surface area contributed by atoms with Crippen LogP contribution in [0.3, 0.4) is 0 Å². The molecular weight excluding hydrogens is 454 g/mol. The topological polar surface area (TPSA) is 52.7 Å². The molecule has 1 fully saturated rings. The van der Waals surface area contributed by atoms with Gasteiger partial charge in [-0.3, -0.25) is 19.8 Å². The lowest BCUT2D eigenvalue weighted by Gasteiger charge is -2.50. The molecule has 7 heteroatoms. The van der Waals surface area contributed by atoms with Crippen molar-refractivity contribution in [1.82, 2.24) is 5.32 Å². The second-order valence-corrected chi connectivity index (χ2v) is 10.5. The molecule has 2 aromatic rings. The maximum atomic E-state index is 13.3. The summed E-state index contributed by atoms with van der Waals surface area (Å²) in [5.74, 6) is -0.593. The van der Waals surface area contributed by atoms with Crippen molar-refractivity contribution in [1.29, 1.82) is 0 Å². The zero-order chi connectivity index (χ0) is 24.1. The quantitative estimate of drug-likeness (QED) is 0.348. The first-order valence-corrected chi connectivity index (χ1v) is 11.9. The van der Waals surface area contributed by atoms with Gasteiger partial charge in [0, 0.05) is 22.3 Å². The predicted octanol–water partition coefficient (Wildman–Crippen LogP) is 5.67. The van der Waals surface area contributed by atoms with E-state index in [9.17, 15) is 9.59 Å². The fourth-order valence-corrected chi connectivity index (χ4v) is 5.59. The molecule has 2 aliphatic rings. The van der Waals surface area contributed by atoms with Crippen LogP contribution in [0.4, 0.5) is 11.4 Å². The van der Waals surface area contributed by atoms with Crippen LogP contribution in [-0.4, -0.2) is 28.5 Å². The van der Waals surface area contributed by atoms with Crippen molar-refractivity contribution in [3.05, 3.63) is 64.2 Å². The Morgan fingerprint density at radius 3 is 2.45 bits per heavy atom. The number of carbonyl (C=O) groups is 2. The first-order chi connectivity index (χ1) is 15.5. The summed E-state index contributed by atoms with van der Waals surface area (Å²) in [4.78, 5) is 29.7.